The molecule has 1 aromatic carbocycles. The molecule has 1 aromatic rings. The highest BCUT2D eigenvalue weighted by molar-refractivity contribution is 5.29. The minimum Gasteiger partial charge on any atom is -0.327 e. The summed E-state index contributed by atoms with van der Waals surface area (Å²) in [5, 5.41) is 0. The number of alkyl halides is 4. The van der Waals surface area contributed by atoms with Crippen LogP contribution in [0.15, 0.2) is 24.3 Å². The lowest BCUT2D eigenvalue weighted by atomic mass is 9.85. The Labute approximate surface area is 97.6 Å². The van der Waals surface area contributed by atoms with Crippen LogP contribution in [-0.2, 0) is 11.8 Å². The highest BCUT2D eigenvalue weighted by Crippen LogP contribution is 2.35. The molecule has 1 unspecified atom stereocenters. The van der Waals surface area contributed by atoms with Gasteiger partial charge in [-0.3, -0.25) is 0 Å². The zero-order valence-corrected chi connectivity index (χ0v) is 9.68. The Bertz CT molecular complexity index is 369. The molecular weight excluding hydrogens is 234 g/mol. The van der Waals surface area contributed by atoms with E-state index in [0.29, 0.717) is 0 Å². The molecule has 2 N–H and O–H groups in total. The van der Waals surface area contributed by atoms with Gasteiger partial charge in [-0.05, 0) is 23.6 Å². The van der Waals surface area contributed by atoms with Crippen molar-refractivity contribution in [3.05, 3.63) is 35.4 Å². The second-order valence-electron chi connectivity index (χ2n) is 4.30. The number of nitrogens with two attached hydrogens (primary N) is 1. The van der Waals surface area contributed by atoms with Crippen LogP contribution in [-0.4, -0.2) is 6.54 Å². The van der Waals surface area contributed by atoms with Crippen LogP contribution in [0.2, 0.25) is 0 Å². The van der Waals surface area contributed by atoms with E-state index < -0.39 is 23.3 Å². The molecule has 0 aliphatic rings. The molecule has 0 aliphatic carbocycles. The fourth-order valence-electron chi connectivity index (χ4n) is 1.62. The maximum atomic E-state index is 14.4. The molecule has 0 amide bonds. The Morgan fingerprint density at radius 2 is 1.41 bits per heavy atom. The summed E-state index contributed by atoms with van der Waals surface area (Å²) in [5.41, 5.74) is 2.97. The monoisotopic (exact) mass is 249 g/mol. The molecule has 1 atom stereocenters. The number of rotatable bonds is 3. The van der Waals surface area contributed by atoms with E-state index in [-0.39, 0.29) is 12.1 Å². The standard InChI is InChI=1S/C12H15F4N/c1-8(2)11(13,7-17)9-3-5-10(6-4-9)12(14,15)16/h3-6,8H,7,17H2,1-2H3. The average Bonchev–Trinajstić information content (AvgIpc) is 2.26. The van der Waals surface area contributed by atoms with Gasteiger partial charge in [0.2, 0.25) is 0 Å². The third-order valence-corrected chi connectivity index (χ3v) is 2.90. The van der Waals surface area contributed by atoms with Crippen molar-refractivity contribution in [2.24, 2.45) is 11.7 Å². The third-order valence-electron chi connectivity index (χ3n) is 2.90. The Balaban J connectivity index is 3.10. The summed E-state index contributed by atoms with van der Waals surface area (Å²) in [5.74, 6) is -0.399. The average molecular weight is 249 g/mol. The Kier molecular flexibility index (Phi) is 3.81. The van der Waals surface area contributed by atoms with Crippen LogP contribution in [0, 0.1) is 5.92 Å². The van der Waals surface area contributed by atoms with Crippen LogP contribution in [0.25, 0.3) is 0 Å². The molecule has 0 heterocycles. The van der Waals surface area contributed by atoms with Crippen LogP contribution < -0.4 is 5.73 Å². The predicted molar refractivity (Wildman–Crippen MR) is 58.1 cm³/mol. The summed E-state index contributed by atoms with van der Waals surface area (Å²) < 4.78 is 51.4. The molecule has 96 valence electrons. The van der Waals surface area contributed by atoms with Gasteiger partial charge in [0.1, 0.15) is 5.67 Å². The number of hydrogen-bond acceptors (Lipinski definition) is 1. The number of halogens is 4. The number of benzene rings is 1. The van der Waals surface area contributed by atoms with E-state index in [1.165, 1.54) is 0 Å². The molecule has 0 saturated heterocycles. The summed E-state index contributed by atoms with van der Waals surface area (Å²) in [6.07, 6.45) is -4.40. The first-order valence-electron chi connectivity index (χ1n) is 5.28. The van der Waals surface area contributed by atoms with Crippen molar-refractivity contribution in [1.82, 2.24) is 0 Å². The summed E-state index contributed by atoms with van der Waals surface area (Å²) >= 11 is 0. The van der Waals surface area contributed by atoms with Gasteiger partial charge in [0.15, 0.2) is 0 Å². The molecule has 0 saturated carbocycles. The van der Waals surface area contributed by atoms with E-state index in [1.54, 1.807) is 13.8 Å². The number of hydrogen-bond donors (Lipinski definition) is 1. The molecule has 0 aliphatic heterocycles. The summed E-state index contributed by atoms with van der Waals surface area (Å²) in [4.78, 5) is 0. The highest BCUT2D eigenvalue weighted by atomic mass is 19.4. The SMILES string of the molecule is CC(C)C(F)(CN)c1ccc(C(F)(F)F)cc1. The predicted octanol–water partition coefficient (Wildman–Crippen LogP) is 3.48. The molecule has 0 aromatic heterocycles. The van der Waals surface area contributed by atoms with Crippen LogP contribution in [0.4, 0.5) is 17.6 Å². The van der Waals surface area contributed by atoms with Gasteiger partial charge in [-0.2, -0.15) is 13.2 Å². The first-order chi connectivity index (χ1) is 7.71. The Hall–Kier alpha value is -1.10. The van der Waals surface area contributed by atoms with Crippen molar-refractivity contribution >= 4 is 0 Å². The van der Waals surface area contributed by atoms with E-state index in [1.807, 2.05) is 0 Å². The Morgan fingerprint density at radius 3 is 1.71 bits per heavy atom. The topological polar surface area (TPSA) is 26.0 Å². The van der Waals surface area contributed by atoms with Gasteiger partial charge in [-0.15, -0.1) is 0 Å². The molecule has 0 radical (unpaired) electrons. The first-order valence-corrected chi connectivity index (χ1v) is 5.28. The van der Waals surface area contributed by atoms with E-state index in [9.17, 15) is 17.6 Å². The van der Waals surface area contributed by atoms with Crippen LogP contribution in [0.1, 0.15) is 25.0 Å². The lowest BCUT2D eigenvalue weighted by Crippen LogP contribution is -2.35. The lowest BCUT2D eigenvalue weighted by Gasteiger charge is -2.28. The maximum absolute atomic E-state index is 14.4. The van der Waals surface area contributed by atoms with E-state index in [0.717, 1.165) is 24.3 Å². The summed E-state index contributed by atoms with van der Waals surface area (Å²) in [6.45, 7) is 3.03. The highest BCUT2D eigenvalue weighted by Gasteiger charge is 2.36. The van der Waals surface area contributed by atoms with Crippen LogP contribution in [0.5, 0.6) is 0 Å². The lowest BCUT2D eigenvalue weighted by molar-refractivity contribution is -0.137. The van der Waals surface area contributed by atoms with Crippen molar-refractivity contribution < 1.29 is 17.6 Å². The van der Waals surface area contributed by atoms with Crippen molar-refractivity contribution in [1.29, 1.82) is 0 Å². The Morgan fingerprint density at radius 1 is 1.00 bits per heavy atom. The molecule has 5 heteroatoms. The van der Waals surface area contributed by atoms with Gasteiger partial charge >= 0.3 is 6.18 Å². The minimum atomic E-state index is -4.40. The second-order valence-corrected chi connectivity index (χ2v) is 4.30. The van der Waals surface area contributed by atoms with Crippen molar-refractivity contribution in [3.63, 3.8) is 0 Å². The van der Waals surface area contributed by atoms with Gasteiger partial charge < -0.3 is 5.73 Å². The fourth-order valence-corrected chi connectivity index (χ4v) is 1.62. The summed E-state index contributed by atoms with van der Waals surface area (Å²) in [7, 11) is 0. The normalized spacial score (nSPS) is 16.0. The quantitative estimate of drug-likeness (QED) is 0.815. The van der Waals surface area contributed by atoms with E-state index in [2.05, 4.69) is 0 Å². The largest absolute Gasteiger partial charge is 0.416 e. The maximum Gasteiger partial charge on any atom is 0.416 e. The van der Waals surface area contributed by atoms with Gasteiger partial charge in [0.25, 0.3) is 0 Å². The van der Waals surface area contributed by atoms with Crippen LogP contribution >= 0.6 is 0 Å². The molecule has 1 rings (SSSR count). The first kappa shape index (κ1) is 14.0. The van der Waals surface area contributed by atoms with Crippen LogP contribution in [0.3, 0.4) is 0 Å². The van der Waals surface area contributed by atoms with E-state index in [4.69, 9.17) is 5.73 Å². The molecule has 0 spiro atoms. The molecule has 1 nitrogen and oxygen atoms in total. The van der Waals surface area contributed by atoms with Gasteiger partial charge in [-0.1, -0.05) is 26.0 Å². The smallest absolute Gasteiger partial charge is 0.327 e. The second kappa shape index (κ2) is 4.64. The van der Waals surface area contributed by atoms with Crippen molar-refractivity contribution in [2.45, 2.75) is 25.7 Å². The van der Waals surface area contributed by atoms with Gasteiger partial charge in [0, 0.05) is 6.54 Å². The third kappa shape index (κ3) is 2.77. The van der Waals surface area contributed by atoms with Gasteiger partial charge in [0.05, 0.1) is 5.56 Å². The zero-order chi connectivity index (χ0) is 13.3. The molecule has 17 heavy (non-hydrogen) atoms. The van der Waals surface area contributed by atoms with E-state index >= 15 is 0 Å². The molecular formula is C12H15F4N. The zero-order valence-electron chi connectivity index (χ0n) is 9.68. The molecule has 0 fully saturated rings. The van der Waals surface area contributed by atoms with Crippen molar-refractivity contribution in [3.8, 4) is 0 Å². The summed E-state index contributed by atoms with van der Waals surface area (Å²) in [6, 6.07) is 4.05. The minimum absolute atomic E-state index is 0.183. The fraction of sp³-hybridized carbons (Fsp3) is 0.500. The molecule has 0 bridgehead atoms. The van der Waals surface area contributed by atoms with Crippen molar-refractivity contribution in [2.75, 3.05) is 6.54 Å². The van der Waals surface area contributed by atoms with Gasteiger partial charge in [-0.25, -0.2) is 4.39 Å².